The fourth-order valence-electron chi connectivity index (χ4n) is 4.72. The van der Waals surface area contributed by atoms with Crippen LogP contribution in [0.5, 0.6) is 0 Å². The lowest BCUT2D eigenvalue weighted by Crippen LogP contribution is -2.10. The third-order valence-electron chi connectivity index (χ3n) is 6.28. The van der Waals surface area contributed by atoms with Crippen LogP contribution in [0.15, 0.2) is 73.3 Å². The van der Waals surface area contributed by atoms with Crippen molar-refractivity contribution in [3.8, 4) is 33.2 Å². The van der Waals surface area contributed by atoms with E-state index < -0.39 is 0 Å². The molecule has 0 spiro atoms. The molecule has 0 bridgehead atoms. The summed E-state index contributed by atoms with van der Waals surface area (Å²) in [5.41, 5.74) is 9.07. The van der Waals surface area contributed by atoms with Gasteiger partial charge in [0.1, 0.15) is 11.2 Å². The summed E-state index contributed by atoms with van der Waals surface area (Å²) in [5, 5.41) is 12.2. The van der Waals surface area contributed by atoms with Gasteiger partial charge >= 0.3 is 0 Å². The van der Waals surface area contributed by atoms with E-state index in [9.17, 15) is 0 Å². The molecule has 0 aliphatic carbocycles. The molecule has 0 aliphatic rings. The number of nitrogens with one attached hydrogen (secondary N) is 3. The first-order valence-corrected chi connectivity index (χ1v) is 13.4. The maximum atomic E-state index is 5.00. The van der Waals surface area contributed by atoms with Crippen molar-refractivity contribution in [2.75, 3.05) is 5.32 Å². The van der Waals surface area contributed by atoms with Crippen molar-refractivity contribution >= 4 is 39.0 Å². The molecule has 0 aliphatic heterocycles. The summed E-state index contributed by atoms with van der Waals surface area (Å²) in [4.78, 5) is 20.1. The van der Waals surface area contributed by atoms with Crippen LogP contribution in [-0.2, 0) is 0 Å². The van der Waals surface area contributed by atoms with Gasteiger partial charge in [-0.15, -0.1) is 11.3 Å². The van der Waals surface area contributed by atoms with Gasteiger partial charge in [0.25, 0.3) is 0 Å². The van der Waals surface area contributed by atoms with Gasteiger partial charge in [-0.05, 0) is 61.2 Å². The molecule has 0 atom stereocenters. The Morgan fingerprint density at radius 2 is 1.89 bits per heavy atom. The highest BCUT2D eigenvalue weighted by atomic mass is 32.1. The van der Waals surface area contributed by atoms with E-state index in [-0.39, 0.29) is 5.41 Å². The van der Waals surface area contributed by atoms with Gasteiger partial charge in [0, 0.05) is 39.4 Å². The molecule has 6 aromatic rings. The molecule has 3 N–H and O–H groups in total. The van der Waals surface area contributed by atoms with Crippen molar-refractivity contribution in [2.45, 2.75) is 34.1 Å². The van der Waals surface area contributed by atoms with E-state index in [2.05, 4.69) is 89.0 Å². The number of aromatic amines is 2. The second-order valence-electron chi connectivity index (χ2n) is 10.8. The van der Waals surface area contributed by atoms with E-state index in [0.29, 0.717) is 0 Å². The quantitative estimate of drug-likeness (QED) is 0.207. The molecule has 7 nitrogen and oxygen atoms in total. The van der Waals surface area contributed by atoms with Crippen molar-refractivity contribution < 1.29 is 0 Å². The minimum atomic E-state index is 0.154. The molecule has 0 unspecified atom stereocenters. The smallest absolute Gasteiger partial charge is 0.135 e. The number of nitrogens with zero attached hydrogens (tertiary/aromatic N) is 4. The van der Waals surface area contributed by atoms with E-state index in [4.69, 9.17) is 4.98 Å². The monoisotopic (exact) mass is 519 g/mol. The van der Waals surface area contributed by atoms with Crippen LogP contribution >= 0.6 is 11.3 Å². The van der Waals surface area contributed by atoms with Gasteiger partial charge in [-0.2, -0.15) is 5.10 Å². The Labute approximate surface area is 225 Å². The van der Waals surface area contributed by atoms with Crippen LogP contribution in [0.4, 0.5) is 5.69 Å². The minimum absolute atomic E-state index is 0.154. The number of aromatic nitrogens is 6. The summed E-state index contributed by atoms with van der Waals surface area (Å²) < 4.78 is 0. The maximum Gasteiger partial charge on any atom is 0.135 e. The van der Waals surface area contributed by atoms with E-state index in [1.165, 1.54) is 4.88 Å². The first-order chi connectivity index (χ1) is 18.2. The third kappa shape index (κ3) is 4.70. The summed E-state index contributed by atoms with van der Waals surface area (Å²) in [5.74, 6) is 0. The Balaban J connectivity index is 1.36. The second kappa shape index (κ2) is 9.22. The molecule has 0 radical (unpaired) electrons. The van der Waals surface area contributed by atoms with E-state index in [1.54, 1.807) is 11.3 Å². The molecular formula is C30H29N7S. The summed E-state index contributed by atoms with van der Waals surface area (Å²) in [6.45, 7) is 12.9. The largest absolute Gasteiger partial charge is 0.358 e. The standard InChI is InChI=1S/C30H29N7S/c1-17(14-30(3,4)5)33-20-12-19(15-31-16-20)22-7-8-24-28(35-22)29(37-36-24)25-13-21-23(34-25)10-11-32-27(21)26-9-6-18(2)38-26/h6-13,15-16,33-34H,1,14H2,2-5H3,(H,36,37). The van der Waals surface area contributed by atoms with Gasteiger partial charge in [-0.1, -0.05) is 27.4 Å². The van der Waals surface area contributed by atoms with Gasteiger partial charge < -0.3 is 10.3 Å². The molecular weight excluding hydrogens is 490 g/mol. The molecule has 0 amide bonds. The lowest BCUT2D eigenvalue weighted by atomic mass is 9.91. The van der Waals surface area contributed by atoms with Crippen LogP contribution in [0.3, 0.4) is 0 Å². The van der Waals surface area contributed by atoms with E-state index in [0.717, 1.165) is 73.0 Å². The predicted molar refractivity (Wildman–Crippen MR) is 157 cm³/mol. The van der Waals surface area contributed by atoms with E-state index >= 15 is 0 Å². The topological polar surface area (TPSA) is 95.2 Å². The Morgan fingerprint density at radius 1 is 1.03 bits per heavy atom. The van der Waals surface area contributed by atoms with Crippen LogP contribution in [0.1, 0.15) is 32.1 Å². The van der Waals surface area contributed by atoms with Crippen molar-refractivity contribution in [1.29, 1.82) is 0 Å². The van der Waals surface area contributed by atoms with Crippen molar-refractivity contribution in [1.82, 2.24) is 30.1 Å². The Hall–Kier alpha value is -4.30. The Kier molecular flexibility index (Phi) is 5.84. The van der Waals surface area contributed by atoms with Crippen LogP contribution in [0.2, 0.25) is 0 Å². The zero-order valence-electron chi connectivity index (χ0n) is 21.9. The number of hydrogen-bond acceptors (Lipinski definition) is 6. The normalized spacial score (nSPS) is 11.9. The number of allylic oxidation sites excluding steroid dienone is 1. The van der Waals surface area contributed by atoms with Gasteiger partial charge in [-0.25, -0.2) is 4.98 Å². The molecule has 0 fully saturated rings. The second-order valence-corrected chi connectivity index (χ2v) is 12.1. The number of anilines is 1. The fourth-order valence-corrected chi connectivity index (χ4v) is 5.60. The van der Waals surface area contributed by atoms with Gasteiger partial charge in [0.05, 0.1) is 39.4 Å². The van der Waals surface area contributed by atoms with E-state index in [1.807, 2.05) is 36.8 Å². The zero-order chi connectivity index (χ0) is 26.4. The van der Waals surface area contributed by atoms with Gasteiger partial charge in [0.2, 0.25) is 0 Å². The summed E-state index contributed by atoms with van der Waals surface area (Å²) in [6.07, 6.45) is 6.35. The average Bonchev–Trinajstić information content (AvgIpc) is 3.60. The SMILES string of the molecule is C=C(CC(C)(C)C)Nc1cncc(-c2ccc3[nH]nc(-c4cc5c(-c6ccc(C)s6)nccc5[nH]4)c3n2)c1. The van der Waals surface area contributed by atoms with Gasteiger partial charge in [-0.3, -0.25) is 15.1 Å². The average molecular weight is 520 g/mol. The number of aryl methyl sites for hydroxylation is 1. The number of hydrogen-bond donors (Lipinski definition) is 3. The lowest BCUT2D eigenvalue weighted by molar-refractivity contribution is 0.411. The number of thiophene rings is 1. The number of fused-ring (bicyclic) bond motifs is 2. The summed E-state index contributed by atoms with van der Waals surface area (Å²) in [7, 11) is 0. The molecule has 6 heterocycles. The molecule has 6 aromatic heterocycles. The molecule has 0 saturated carbocycles. The highest BCUT2D eigenvalue weighted by Crippen LogP contribution is 2.35. The Bertz CT molecular complexity index is 1800. The number of H-pyrrole nitrogens is 2. The zero-order valence-corrected chi connectivity index (χ0v) is 22.7. The molecule has 8 heteroatoms. The Morgan fingerprint density at radius 3 is 2.68 bits per heavy atom. The minimum Gasteiger partial charge on any atom is -0.358 e. The fraction of sp³-hybridized carbons (Fsp3) is 0.200. The first kappa shape index (κ1) is 24.1. The van der Waals surface area contributed by atoms with Gasteiger partial charge in [0.15, 0.2) is 0 Å². The summed E-state index contributed by atoms with van der Waals surface area (Å²) in [6, 6.07) is 14.4. The highest BCUT2D eigenvalue weighted by Gasteiger charge is 2.17. The molecule has 190 valence electrons. The van der Waals surface area contributed by atoms with Crippen molar-refractivity contribution in [3.05, 3.63) is 78.2 Å². The molecule has 38 heavy (non-hydrogen) atoms. The van der Waals surface area contributed by atoms with Crippen LogP contribution < -0.4 is 5.32 Å². The summed E-state index contributed by atoms with van der Waals surface area (Å²) >= 11 is 1.74. The van der Waals surface area contributed by atoms with Crippen LogP contribution in [0.25, 0.3) is 55.2 Å². The maximum absolute atomic E-state index is 5.00. The molecule has 6 rings (SSSR count). The third-order valence-corrected chi connectivity index (χ3v) is 7.29. The predicted octanol–water partition coefficient (Wildman–Crippen LogP) is 7.96. The molecule has 0 saturated heterocycles. The van der Waals surface area contributed by atoms with Crippen LogP contribution in [-0.4, -0.2) is 30.1 Å². The first-order valence-electron chi connectivity index (χ1n) is 12.5. The number of pyridine rings is 3. The molecule has 0 aromatic carbocycles. The van der Waals surface area contributed by atoms with Crippen molar-refractivity contribution in [3.63, 3.8) is 0 Å². The highest BCUT2D eigenvalue weighted by molar-refractivity contribution is 7.15. The van der Waals surface area contributed by atoms with Crippen LogP contribution in [0, 0.1) is 12.3 Å². The number of rotatable bonds is 6. The van der Waals surface area contributed by atoms with Crippen molar-refractivity contribution in [2.24, 2.45) is 5.41 Å². The lowest BCUT2D eigenvalue weighted by Gasteiger charge is -2.20.